The number of unbranched alkanes of at least 4 members (excludes halogenated alkanes) is 1. The third-order valence-electron chi connectivity index (χ3n) is 5.97. The summed E-state index contributed by atoms with van der Waals surface area (Å²) >= 11 is 3.75. The van der Waals surface area contributed by atoms with Crippen molar-refractivity contribution >= 4 is 29.0 Å². The number of thiophene rings is 1. The second-order valence-corrected chi connectivity index (χ2v) is 10.0. The van der Waals surface area contributed by atoms with E-state index >= 15 is 0 Å². The lowest BCUT2D eigenvalue weighted by Crippen LogP contribution is -2.46. The standard InChI is InChI=1S/C22H32N4OS2/c1-2-24-12-14-25(15-13-24)9-4-3-8-23-21(27)20-18-7-16-28-17-19(18)29-22(20)26-10-5-6-11-26/h5-6,10-11H,2-4,7-9,12-17H2,1H3,(H,23,27). The van der Waals surface area contributed by atoms with Crippen LogP contribution >= 0.6 is 23.1 Å². The molecule has 2 aliphatic heterocycles. The van der Waals surface area contributed by atoms with Crippen LogP contribution in [0.15, 0.2) is 24.5 Å². The number of piperazine rings is 1. The SMILES string of the molecule is CCN1CCN(CCCCNC(=O)c2c(-n3cccc3)sc3c2CCSC3)CC1. The van der Waals surface area contributed by atoms with Crippen LogP contribution in [-0.4, -0.2) is 71.8 Å². The molecule has 2 aromatic rings. The van der Waals surface area contributed by atoms with Crippen molar-refractivity contribution in [1.82, 2.24) is 19.7 Å². The molecule has 5 nitrogen and oxygen atoms in total. The summed E-state index contributed by atoms with van der Waals surface area (Å²) in [6, 6.07) is 4.05. The molecule has 1 saturated heterocycles. The molecule has 29 heavy (non-hydrogen) atoms. The number of likely N-dealkylation sites (N-methyl/N-ethyl adjacent to an activating group) is 1. The fourth-order valence-electron chi connectivity index (χ4n) is 4.18. The van der Waals surface area contributed by atoms with Crippen LogP contribution < -0.4 is 5.32 Å². The number of hydrogen-bond donors (Lipinski definition) is 1. The molecule has 1 N–H and O–H groups in total. The first-order valence-electron chi connectivity index (χ1n) is 10.8. The normalized spacial score (nSPS) is 18.0. The largest absolute Gasteiger partial charge is 0.352 e. The number of carbonyl (C=O) groups excluding carboxylic acids is 1. The number of rotatable bonds is 8. The lowest BCUT2D eigenvalue weighted by atomic mass is 10.1. The minimum Gasteiger partial charge on any atom is -0.352 e. The summed E-state index contributed by atoms with van der Waals surface area (Å²) in [4.78, 5) is 19.5. The molecule has 7 heteroatoms. The lowest BCUT2D eigenvalue weighted by Gasteiger charge is -2.33. The first-order chi connectivity index (χ1) is 14.3. The Bertz CT molecular complexity index is 794. The highest BCUT2D eigenvalue weighted by molar-refractivity contribution is 7.98. The Kier molecular flexibility index (Phi) is 7.34. The van der Waals surface area contributed by atoms with Crippen molar-refractivity contribution in [3.05, 3.63) is 40.5 Å². The Hall–Kier alpha value is -1.28. The fraction of sp³-hybridized carbons (Fsp3) is 0.591. The molecule has 0 atom stereocenters. The molecule has 4 heterocycles. The number of aromatic nitrogens is 1. The summed E-state index contributed by atoms with van der Waals surface area (Å²) in [5.74, 6) is 2.25. The van der Waals surface area contributed by atoms with Gasteiger partial charge < -0.3 is 19.7 Å². The Labute approximate surface area is 182 Å². The van der Waals surface area contributed by atoms with Gasteiger partial charge in [0, 0.05) is 55.7 Å². The van der Waals surface area contributed by atoms with Crippen LogP contribution in [0.5, 0.6) is 0 Å². The molecular formula is C22H32N4OS2. The zero-order valence-electron chi connectivity index (χ0n) is 17.4. The predicted octanol–water partition coefficient (Wildman–Crippen LogP) is 3.48. The van der Waals surface area contributed by atoms with Gasteiger partial charge in [0.25, 0.3) is 5.91 Å². The highest BCUT2D eigenvalue weighted by Crippen LogP contribution is 2.38. The average molecular weight is 433 g/mol. The van der Waals surface area contributed by atoms with Crippen molar-refractivity contribution in [2.24, 2.45) is 0 Å². The van der Waals surface area contributed by atoms with E-state index in [1.54, 1.807) is 11.3 Å². The van der Waals surface area contributed by atoms with Crippen molar-refractivity contribution < 1.29 is 4.79 Å². The maximum Gasteiger partial charge on any atom is 0.254 e. The molecule has 0 spiro atoms. The van der Waals surface area contributed by atoms with E-state index in [1.807, 2.05) is 36.3 Å². The van der Waals surface area contributed by atoms with Crippen LogP contribution in [0.25, 0.3) is 5.00 Å². The first-order valence-corrected chi connectivity index (χ1v) is 12.8. The van der Waals surface area contributed by atoms with Gasteiger partial charge in [-0.15, -0.1) is 11.3 Å². The van der Waals surface area contributed by atoms with Gasteiger partial charge >= 0.3 is 0 Å². The van der Waals surface area contributed by atoms with Gasteiger partial charge in [-0.1, -0.05) is 6.92 Å². The second kappa shape index (κ2) is 10.2. The summed E-state index contributed by atoms with van der Waals surface area (Å²) < 4.78 is 2.10. The van der Waals surface area contributed by atoms with Crippen molar-refractivity contribution in [3.63, 3.8) is 0 Å². The fourth-order valence-corrected chi connectivity index (χ4v) is 6.63. The van der Waals surface area contributed by atoms with E-state index in [4.69, 9.17) is 0 Å². The molecule has 2 aliphatic rings. The van der Waals surface area contributed by atoms with Crippen molar-refractivity contribution in [2.75, 3.05) is 51.6 Å². The molecule has 4 rings (SSSR count). The van der Waals surface area contributed by atoms with Gasteiger partial charge in [0.15, 0.2) is 0 Å². The molecule has 0 aromatic carbocycles. The highest BCUT2D eigenvalue weighted by atomic mass is 32.2. The number of thioether (sulfide) groups is 1. The minimum atomic E-state index is 0.106. The number of fused-ring (bicyclic) bond motifs is 1. The van der Waals surface area contributed by atoms with Crippen molar-refractivity contribution in [1.29, 1.82) is 0 Å². The lowest BCUT2D eigenvalue weighted by molar-refractivity contribution is 0.0951. The van der Waals surface area contributed by atoms with Gasteiger partial charge in [0.1, 0.15) is 5.00 Å². The summed E-state index contributed by atoms with van der Waals surface area (Å²) in [7, 11) is 0. The van der Waals surface area contributed by atoms with Crippen molar-refractivity contribution in [2.45, 2.75) is 31.9 Å². The van der Waals surface area contributed by atoms with Crippen LogP contribution in [0.2, 0.25) is 0 Å². The number of nitrogens with zero attached hydrogens (tertiary/aromatic N) is 3. The van der Waals surface area contributed by atoms with Gasteiger partial charge in [-0.2, -0.15) is 11.8 Å². The van der Waals surface area contributed by atoms with E-state index in [-0.39, 0.29) is 5.91 Å². The first kappa shape index (κ1) is 21.0. The third kappa shape index (κ3) is 5.08. The molecule has 0 unspecified atom stereocenters. The van der Waals surface area contributed by atoms with Crippen LogP contribution in [0.1, 0.15) is 40.6 Å². The molecule has 0 saturated carbocycles. The van der Waals surface area contributed by atoms with E-state index in [0.29, 0.717) is 0 Å². The molecule has 1 fully saturated rings. The van der Waals surface area contributed by atoms with Crippen molar-refractivity contribution in [3.8, 4) is 5.00 Å². The zero-order chi connectivity index (χ0) is 20.1. The van der Waals surface area contributed by atoms with Crippen LogP contribution in [0.4, 0.5) is 0 Å². The van der Waals surface area contributed by atoms with Gasteiger partial charge in [0.2, 0.25) is 0 Å². The maximum absolute atomic E-state index is 13.1. The average Bonchev–Trinajstić information content (AvgIpc) is 3.41. The van der Waals surface area contributed by atoms with Gasteiger partial charge in [-0.3, -0.25) is 4.79 Å². The number of nitrogens with one attached hydrogen (secondary N) is 1. The number of amides is 1. The molecule has 0 aliphatic carbocycles. The van der Waals surface area contributed by atoms with E-state index in [1.165, 1.54) is 36.6 Å². The van der Waals surface area contributed by atoms with E-state index in [2.05, 4.69) is 26.6 Å². The molecular weight excluding hydrogens is 400 g/mol. The van der Waals surface area contributed by atoms with E-state index < -0.39 is 0 Å². The number of hydrogen-bond acceptors (Lipinski definition) is 5. The molecule has 158 valence electrons. The summed E-state index contributed by atoms with van der Waals surface area (Å²) in [6.07, 6.45) is 7.28. The molecule has 0 bridgehead atoms. The molecule has 1 amide bonds. The van der Waals surface area contributed by atoms with Crippen LogP contribution in [-0.2, 0) is 12.2 Å². The Morgan fingerprint density at radius 1 is 1.10 bits per heavy atom. The monoisotopic (exact) mass is 432 g/mol. The molecule has 2 aromatic heterocycles. The molecule has 0 radical (unpaired) electrons. The van der Waals surface area contributed by atoms with E-state index in [0.717, 1.165) is 61.0 Å². The second-order valence-electron chi connectivity index (χ2n) is 7.82. The summed E-state index contributed by atoms with van der Waals surface area (Å²) in [6.45, 7) is 10.1. The Morgan fingerprint density at radius 2 is 1.86 bits per heavy atom. The van der Waals surface area contributed by atoms with Crippen LogP contribution in [0.3, 0.4) is 0 Å². The quantitative estimate of drug-likeness (QED) is 0.649. The van der Waals surface area contributed by atoms with E-state index in [9.17, 15) is 4.79 Å². The Balaban J connectivity index is 1.29. The number of carbonyl (C=O) groups is 1. The topological polar surface area (TPSA) is 40.5 Å². The maximum atomic E-state index is 13.1. The van der Waals surface area contributed by atoms with Crippen LogP contribution in [0, 0.1) is 0 Å². The van der Waals surface area contributed by atoms with Gasteiger partial charge in [-0.05, 0) is 55.8 Å². The van der Waals surface area contributed by atoms with Gasteiger partial charge in [0.05, 0.1) is 5.56 Å². The minimum absolute atomic E-state index is 0.106. The highest BCUT2D eigenvalue weighted by Gasteiger charge is 2.26. The summed E-state index contributed by atoms with van der Waals surface area (Å²) in [5.41, 5.74) is 2.20. The third-order valence-corrected chi connectivity index (χ3v) is 8.38. The van der Waals surface area contributed by atoms with Gasteiger partial charge in [-0.25, -0.2) is 0 Å². The zero-order valence-corrected chi connectivity index (χ0v) is 19.0. The Morgan fingerprint density at radius 3 is 2.62 bits per heavy atom. The summed E-state index contributed by atoms with van der Waals surface area (Å²) in [5, 5.41) is 4.29. The predicted molar refractivity (Wildman–Crippen MR) is 124 cm³/mol. The smallest absolute Gasteiger partial charge is 0.254 e.